The van der Waals surface area contributed by atoms with E-state index in [0.29, 0.717) is 0 Å². The van der Waals surface area contributed by atoms with Gasteiger partial charge in [0.15, 0.2) is 0 Å². The minimum absolute atomic E-state index is 0.884. The molecule has 1 aromatic carbocycles. The van der Waals surface area contributed by atoms with Crippen molar-refractivity contribution in [3.63, 3.8) is 0 Å². The fourth-order valence-electron chi connectivity index (χ4n) is 3.34. The summed E-state index contributed by atoms with van der Waals surface area (Å²) in [6.07, 6.45) is 8.09. The van der Waals surface area contributed by atoms with Gasteiger partial charge in [0.25, 0.3) is 0 Å². The van der Waals surface area contributed by atoms with E-state index in [1.54, 1.807) is 0 Å². The molecule has 0 spiro atoms. The summed E-state index contributed by atoms with van der Waals surface area (Å²) in [6.45, 7) is 0. The average molecular weight is 451 g/mol. The van der Waals surface area contributed by atoms with Gasteiger partial charge in [-0.25, -0.2) is 9.97 Å². The van der Waals surface area contributed by atoms with Crippen molar-refractivity contribution < 1.29 is 16.0 Å². The minimum atomic E-state index is 0.884. The van der Waals surface area contributed by atoms with E-state index in [-0.39, 0.29) is 0 Å². The van der Waals surface area contributed by atoms with Crippen LogP contribution in [0.25, 0.3) is 46.4 Å². The first-order valence-electron chi connectivity index (χ1n) is 9.91. The number of aromatic amines is 2. The molecule has 2 aliphatic heterocycles. The molecule has 0 unspecified atom stereocenters. The topological polar surface area (TPSA) is 57.4 Å². The molecule has 2 aliphatic rings. The summed E-state index contributed by atoms with van der Waals surface area (Å²) in [7, 11) is 0. The van der Waals surface area contributed by atoms with Gasteiger partial charge in [-0.3, -0.25) is 0 Å². The average Bonchev–Trinajstić information content (AvgIpc) is 3.55. The number of hydrogen-bond donors (Lipinski definition) is 2. The summed E-state index contributed by atoms with van der Waals surface area (Å²) >= 11 is 4.95. The maximum atomic E-state index is 4.95. The van der Waals surface area contributed by atoms with Crippen molar-refractivity contribution >= 4 is 50.8 Å². The van der Waals surface area contributed by atoms with E-state index in [0.717, 1.165) is 49.3 Å². The molecule has 6 rings (SSSR count). The van der Waals surface area contributed by atoms with Crippen molar-refractivity contribution in [2.45, 2.75) is 0 Å². The van der Waals surface area contributed by atoms with Gasteiger partial charge in [-0.1, -0.05) is 0 Å². The quantitative estimate of drug-likeness (QED) is 0.299. The van der Waals surface area contributed by atoms with Gasteiger partial charge >= 0.3 is 50.8 Å². The van der Waals surface area contributed by atoms with E-state index >= 15 is 0 Å². The molecule has 2 N–H and O–H groups in total. The molecule has 5 heterocycles. The molecular weight excluding hydrogens is 432 g/mol. The Morgan fingerprint density at radius 3 is 1.13 bits per heavy atom. The summed E-state index contributed by atoms with van der Waals surface area (Å²) in [5, 5.41) is 0. The Morgan fingerprint density at radius 1 is 0.484 bits per heavy atom. The number of benzene rings is 1. The summed E-state index contributed by atoms with van der Waals surface area (Å²) in [4.78, 5) is 16.0. The van der Waals surface area contributed by atoms with E-state index in [2.05, 4.69) is 44.2 Å². The zero-order valence-corrected chi connectivity index (χ0v) is 17.5. The molecule has 0 amide bonds. The Morgan fingerprint density at radius 2 is 0.839 bits per heavy atom. The van der Waals surface area contributed by atoms with Gasteiger partial charge in [0.05, 0.1) is 22.8 Å². The van der Waals surface area contributed by atoms with Crippen LogP contribution in [-0.4, -0.2) is 19.9 Å². The predicted molar refractivity (Wildman–Crippen MR) is 125 cm³/mol. The molecule has 154 valence electrons. The molecule has 5 heteroatoms. The van der Waals surface area contributed by atoms with Crippen LogP contribution in [0, 0.1) is 0 Å². The Balaban J connectivity index is 0.000000250. The van der Waals surface area contributed by atoms with Crippen LogP contribution >= 0.6 is 0 Å². The standard InChI is InChI=1S/C20H14N4.C6H5.Cu/c1-2-14-10-16-5-6-18(23-16)12-20-8-7-19(24-20)11-17-4-3-15(22-17)9-13(1)21-14;1-2-4-6-5-3-1;/h1-12,21,24H;1-5H;. The fourth-order valence-corrected chi connectivity index (χ4v) is 3.52. The van der Waals surface area contributed by atoms with Crippen molar-refractivity contribution in [3.05, 3.63) is 102 Å². The summed E-state index contributed by atoms with van der Waals surface area (Å²) in [6, 6.07) is 25.9. The van der Waals surface area contributed by atoms with Crippen LogP contribution < -0.4 is 4.46 Å². The summed E-state index contributed by atoms with van der Waals surface area (Å²) in [5.41, 5.74) is 7.86. The van der Waals surface area contributed by atoms with Crippen LogP contribution in [0.1, 0.15) is 22.8 Å². The SMILES string of the molecule is C1=Cc2cc3ccc(cc4nc(cc5ccc(cc1n2)[nH]5)C=C4)[nH]3.[Cu][c]1ccccc1. The van der Waals surface area contributed by atoms with Crippen LogP contribution in [0.2, 0.25) is 0 Å². The summed E-state index contributed by atoms with van der Waals surface area (Å²) in [5.74, 6) is 0. The van der Waals surface area contributed by atoms with Crippen LogP contribution in [0.4, 0.5) is 0 Å². The van der Waals surface area contributed by atoms with Gasteiger partial charge < -0.3 is 9.97 Å². The second-order valence-electron chi connectivity index (χ2n) is 7.16. The molecule has 0 saturated heterocycles. The van der Waals surface area contributed by atoms with Gasteiger partial charge in [-0.2, -0.15) is 0 Å². The van der Waals surface area contributed by atoms with Gasteiger partial charge in [-0.15, -0.1) is 0 Å². The first-order chi connectivity index (χ1) is 15.2. The molecule has 0 fully saturated rings. The van der Waals surface area contributed by atoms with E-state index in [9.17, 15) is 0 Å². The molecule has 4 aromatic rings. The van der Waals surface area contributed by atoms with Crippen LogP contribution in [0.3, 0.4) is 0 Å². The molecule has 3 aromatic heterocycles. The van der Waals surface area contributed by atoms with Crippen molar-refractivity contribution in [3.8, 4) is 0 Å². The van der Waals surface area contributed by atoms with Gasteiger partial charge in [0.2, 0.25) is 0 Å². The fraction of sp³-hybridized carbons (Fsp3) is 0. The monoisotopic (exact) mass is 450 g/mol. The molecule has 0 saturated carbocycles. The van der Waals surface area contributed by atoms with Crippen molar-refractivity contribution in [2.24, 2.45) is 0 Å². The van der Waals surface area contributed by atoms with E-state index < -0.39 is 0 Å². The van der Waals surface area contributed by atoms with Crippen molar-refractivity contribution in [1.82, 2.24) is 19.9 Å². The van der Waals surface area contributed by atoms with E-state index in [4.69, 9.17) is 16.0 Å². The Bertz CT molecular complexity index is 1270. The predicted octanol–water partition coefficient (Wildman–Crippen LogP) is 5.51. The number of hydrogen-bond acceptors (Lipinski definition) is 2. The van der Waals surface area contributed by atoms with E-state index in [1.165, 1.54) is 0 Å². The Hall–Kier alpha value is -3.66. The van der Waals surface area contributed by atoms with Crippen LogP contribution in [-0.2, 0) is 16.0 Å². The molecular formula is C26H19CuN4. The van der Waals surface area contributed by atoms with E-state index in [1.807, 2.05) is 78.9 Å². The number of rotatable bonds is 0. The second kappa shape index (κ2) is 8.60. The van der Waals surface area contributed by atoms with Gasteiger partial charge in [0, 0.05) is 22.1 Å². The molecule has 8 bridgehead atoms. The number of nitrogens with one attached hydrogen (secondary N) is 2. The van der Waals surface area contributed by atoms with Gasteiger partial charge in [-0.05, 0) is 72.8 Å². The molecule has 31 heavy (non-hydrogen) atoms. The third kappa shape index (κ3) is 4.92. The molecule has 0 aliphatic carbocycles. The molecule has 0 radical (unpaired) electrons. The number of nitrogens with zero attached hydrogens (tertiary/aromatic N) is 2. The third-order valence-electron chi connectivity index (χ3n) is 4.75. The molecule has 0 atom stereocenters. The summed E-state index contributed by atoms with van der Waals surface area (Å²) < 4.78 is 0.884. The number of H-pyrrole nitrogens is 2. The van der Waals surface area contributed by atoms with Crippen molar-refractivity contribution in [1.29, 1.82) is 0 Å². The first kappa shape index (κ1) is 19.3. The van der Waals surface area contributed by atoms with Crippen LogP contribution in [0.15, 0.2) is 78.9 Å². The first-order valence-corrected chi connectivity index (χ1v) is 10.4. The zero-order valence-electron chi connectivity index (χ0n) is 16.5. The van der Waals surface area contributed by atoms with Gasteiger partial charge in [0.1, 0.15) is 0 Å². The van der Waals surface area contributed by atoms with Crippen molar-refractivity contribution in [2.75, 3.05) is 0 Å². The van der Waals surface area contributed by atoms with Crippen LogP contribution in [0.5, 0.6) is 0 Å². The third-order valence-corrected chi connectivity index (χ3v) is 5.06. The normalized spacial score (nSPS) is 11.8. The number of fused-ring (bicyclic) bond motifs is 8. The maximum absolute atomic E-state index is 4.95. The zero-order chi connectivity index (χ0) is 21.0. The molecule has 4 nitrogen and oxygen atoms in total. The second-order valence-corrected chi connectivity index (χ2v) is 7.70. The number of aromatic nitrogens is 4. The Labute approximate surface area is 188 Å². The Kier molecular flexibility index (Phi) is 5.36.